The average molecular weight is 231 g/mol. The summed E-state index contributed by atoms with van der Waals surface area (Å²) in [6, 6.07) is 2.88. The first-order chi connectivity index (χ1) is 7.06. The standard InChI is InChI=1S/C9H11ClN2O3/c1-5(13)12-9-6(4-15-11)7(10)2-3-8(9)14/h2-3,14H,4,11H2,1H3,(H,12,13). The molecule has 0 aliphatic heterocycles. The minimum Gasteiger partial charge on any atom is -0.506 e. The highest BCUT2D eigenvalue weighted by molar-refractivity contribution is 6.32. The van der Waals surface area contributed by atoms with Crippen LogP contribution in [0.15, 0.2) is 12.1 Å². The molecule has 0 saturated heterocycles. The van der Waals surface area contributed by atoms with Gasteiger partial charge < -0.3 is 10.4 Å². The predicted octanol–water partition coefficient (Wildman–Crippen LogP) is 1.39. The number of amides is 1. The number of halogens is 1. The van der Waals surface area contributed by atoms with E-state index < -0.39 is 0 Å². The summed E-state index contributed by atoms with van der Waals surface area (Å²) in [5.74, 6) is 4.53. The first-order valence-corrected chi connectivity index (χ1v) is 4.53. The SMILES string of the molecule is CC(=O)Nc1c(O)ccc(Cl)c1CON. The Morgan fingerprint density at radius 3 is 2.87 bits per heavy atom. The Morgan fingerprint density at radius 2 is 2.33 bits per heavy atom. The monoisotopic (exact) mass is 230 g/mol. The van der Waals surface area contributed by atoms with Gasteiger partial charge in [0.1, 0.15) is 5.75 Å². The minimum atomic E-state index is -0.314. The molecule has 1 aromatic carbocycles. The Labute approximate surface area is 91.7 Å². The second kappa shape index (κ2) is 4.97. The third kappa shape index (κ3) is 2.82. The number of rotatable bonds is 3. The number of nitrogens with one attached hydrogen (secondary N) is 1. The van der Waals surface area contributed by atoms with Crippen molar-refractivity contribution in [1.29, 1.82) is 0 Å². The smallest absolute Gasteiger partial charge is 0.221 e. The van der Waals surface area contributed by atoms with E-state index in [0.717, 1.165) is 0 Å². The van der Waals surface area contributed by atoms with Crippen LogP contribution in [0.5, 0.6) is 5.75 Å². The van der Waals surface area contributed by atoms with Crippen LogP contribution < -0.4 is 11.2 Å². The van der Waals surface area contributed by atoms with Crippen molar-refractivity contribution in [2.24, 2.45) is 5.90 Å². The molecule has 82 valence electrons. The number of aromatic hydroxyl groups is 1. The minimum absolute atomic E-state index is 0.00282. The van der Waals surface area contributed by atoms with E-state index in [9.17, 15) is 9.90 Å². The van der Waals surface area contributed by atoms with E-state index in [0.29, 0.717) is 10.6 Å². The summed E-state index contributed by atoms with van der Waals surface area (Å²) in [5.41, 5.74) is 0.662. The maximum Gasteiger partial charge on any atom is 0.221 e. The molecule has 4 N–H and O–H groups in total. The number of nitrogens with two attached hydrogens (primary N) is 1. The number of hydrogen-bond donors (Lipinski definition) is 3. The summed E-state index contributed by atoms with van der Waals surface area (Å²) >= 11 is 5.87. The Morgan fingerprint density at radius 1 is 1.67 bits per heavy atom. The third-order valence-corrected chi connectivity index (χ3v) is 2.12. The van der Waals surface area contributed by atoms with Gasteiger partial charge in [-0.2, -0.15) is 0 Å². The van der Waals surface area contributed by atoms with Crippen molar-refractivity contribution in [2.75, 3.05) is 5.32 Å². The van der Waals surface area contributed by atoms with E-state index in [1.54, 1.807) is 0 Å². The molecule has 1 rings (SSSR count). The molecule has 6 heteroatoms. The number of hydrogen-bond acceptors (Lipinski definition) is 4. The molecule has 0 unspecified atom stereocenters. The zero-order valence-electron chi connectivity index (χ0n) is 8.08. The molecule has 0 fully saturated rings. The van der Waals surface area contributed by atoms with Gasteiger partial charge in [-0.15, -0.1) is 0 Å². The summed E-state index contributed by atoms with van der Waals surface area (Å²) in [6.07, 6.45) is 0. The fraction of sp³-hybridized carbons (Fsp3) is 0.222. The van der Waals surface area contributed by atoms with Crippen molar-refractivity contribution >= 4 is 23.2 Å². The van der Waals surface area contributed by atoms with Crippen molar-refractivity contribution in [2.45, 2.75) is 13.5 Å². The lowest BCUT2D eigenvalue weighted by molar-refractivity contribution is -0.114. The van der Waals surface area contributed by atoms with Crippen LogP contribution >= 0.6 is 11.6 Å². The summed E-state index contributed by atoms with van der Waals surface area (Å²) in [5, 5.41) is 12.3. The molecular weight excluding hydrogens is 220 g/mol. The van der Waals surface area contributed by atoms with Crippen molar-refractivity contribution < 1.29 is 14.7 Å². The highest BCUT2D eigenvalue weighted by Gasteiger charge is 2.13. The molecule has 1 aromatic rings. The quantitative estimate of drug-likeness (QED) is 0.541. The number of carbonyl (C=O) groups is 1. The molecule has 0 heterocycles. The highest BCUT2D eigenvalue weighted by Crippen LogP contribution is 2.33. The van der Waals surface area contributed by atoms with Crippen molar-refractivity contribution in [3.63, 3.8) is 0 Å². The zero-order chi connectivity index (χ0) is 11.4. The van der Waals surface area contributed by atoms with Crippen molar-refractivity contribution in [3.8, 4) is 5.75 Å². The second-order valence-electron chi connectivity index (χ2n) is 2.91. The van der Waals surface area contributed by atoms with E-state index in [2.05, 4.69) is 10.2 Å². The normalized spacial score (nSPS) is 10.1. The lowest BCUT2D eigenvalue weighted by Crippen LogP contribution is -2.10. The van der Waals surface area contributed by atoms with Crippen molar-refractivity contribution in [3.05, 3.63) is 22.7 Å². The lowest BCUT2D eigenvalue weighted by Gasteiger charge is -2.12. The van der Waals surface area contributed by atoms with Crippen LogP contribution in [0, 0.1) is 0 Å². The third-order valence-electron chi connectivity index (χ3n) is 1.76. The number of phenolic OH excluding ortho intramolecular Hbond substituents is 1. The van der Waals surface area contributed by atoms with Crippen LogP contribution in [0.4, 0.5) is 5.69 Å². The number of phenols is 1. The highest BCUT2D eigenvalue weighted by atomic mass is 35.5. The maximum absolute atomic E-state index is 10.9. The van der Waals surface area contributed by atoms with E-state index in [1.165, 1.54) is 19.1 Å². The van der Waals surface area contributed by atoms with Gasteiger partial charge in [-0.05, 0) is 12.1 Å². The van der Waals surface area contributed by atoms with E-state index >= 15 is 0 Å². The lowest BCUT2D eigenvalue weighted by atomic mass is 10.1. The first-order valence-electron chi connectivity index (χ1n) is 4.16. The Balaban J connectivity index is 3.18. The molecule has 0 atom stereocenters. The Bertz CT molecular complexity index is 382. The molecule has 5 nitrogen and oxygen atoms in total. The second-order valence-corrected chi connectivity index (χ2v) is 3.32. The van der Waals surface area contributed by atoms with Gasteiger partial charge in [0.2, 0.25) is 5.91 Å². The van der Waals surface area contributed by atoms with Gasteiger partial charge in [0, 0.05) is 17.5 Å². The summed E-state index contributed by atoms with van der Waals surface area (Å²) in [6.45, 7) is 1.33. The van der Waals surface area contributed by atoms with Crippen LogP contribution in [-0.2, 0) is 16.2 Å². The average Bonchev–Trinajstić information content (AvgIpc) is 2.17. The van der Waals surface area contributed by atoms with Gasteiger partial charge in [0.15, 0.2) is 0 Å². The van der Waals surface area contributed by atoms with Gasteiger partial charge in [0.05, 0.1) is 12.3 Å². The molecule has 15 heavy (non-hydrogen) atoms. The largest absolute Gasteiger partial charge is 0.506 e. The number of carbonyl (C=O) groups excluding carboxylic acids is 1. The van der Waals surface area contributed by atoms with Gasteiger partial charge in [0.25, 0.3) is 0 Å². The van der Waals surface area contributed by atoms with Gasteiger partial charge in [-0.3, -0.25) is 9.63 Å². The molecule has 0 saturated carbocycles. The van der Waals surface area contributed by atoms with Crippen LogP contribution in [0.1, 0.15) is 12.5 Å². The fourth-order valence-electron chi connectivity index (χ4n) is 1.15. The van der Waals surface area contributed by atoms with Crippen LogP contribution in [-0.4, -0.2) is 11.0 Å². The maximum atomic E-state index is 10.9. The molecule has 0 aliphatic carbocycles. The van der Waals surface area contributed by atoms with Gasteiger partial charge >= 0.3 is 0 Å². The zero-order valence-corrected chi connectivity index (χ0v) is 8.84. The molecule has 0 aliphatic rings. The Hall–Kier alpha value is -1.30. The summed E-state index contributed by atoms with van der Waals surface area (Å²) in [4.78, 5) is 15.3. The topological polar surface area (TPSA) is 84.6 Å². The molecule has 0 spiro atoms. The van der Waals surface area contributed by atoms with E-state index in [1.807, 2.05) is 0 Å². The van der Waals surface area contributed by atoms with Crippen LogP contribution in [0.25, 0.3) is 0 Å². The summed E-state index contributed by atoms with van der Waals surface area (Å²) in [7, 11) is 0. The molecule has 0 bridgehead atoms. The van der Waals surface area contributed by atoms with E-state index in [4.69, 9.17) is 17.5 Å². The molecular formula is C9H11ClN2O3. The number of anilines is 1. The first kappa shape index (κ1) is 11.8. The Kier molecular flexibility index (Phi) is 3.90. The van der Waals surface area contributed by atoms with E-state index in [-0.39, 0.29) is 24.0 Å². The predicted molar refractivity (Wildman–Crippen MR) is 56.4 cm³/mol. The fourth-order valence-corrected chi connectivity index (χ4v) is 1.36. The molecule has 0 radical (unpaired) electrons. The van der Waals surface area contributed by atoms with Gasteiger partial charge in [-0.1, -0.05) is 11.6 Å². The molecule has 1 amide bonds. The van der Waals surface area contributed by atoms with Gasteiger partial charge in [-0.25, -0.2) is 5.90 Å². The van der Waals surface area contributed by atoms with Crippen LogP contribution in [0.3, 0.4) is 0 Å². The van der Waals surface area contributed by atoms with Crippen molar-refractivity contribution in [1.82, 2.24) is 0 Å². The molecule has 0 aromatic heterocycles. The van der Waals surface area contributed by atoms with Crippen LogP contribution in [0.2, 0.25) is 5.02 Å². The number of benzene rings is 1. The summed E-state index contributed by atoms with van der Waals surface area (Å²) < 4.78 is 0.